The normalized spacial score (nSPS) is 26.3. The predicted molar refractivity (Wildman–Crippen MR) is 128 cm³/mol. The van der Waals surface area contributed by atoms with Crippen molar-refractivity contribution in [1.82, 2.24) is 5.32 Å². The average Bonchev–Trinajstić information content (AvgIpc) is 2.45. The van der Waals surface area contributed by atoms with Crippen LogP contribution in [0.1, 0.15) is 89.5 Å². The smallest absolute Gasteiger partial charge is 0.670 e. The van der Waals surface area contributed by atoms with Crippen molar-refractivity contribution in [2.75, 3.05) is 13.1 Å². The van der Waals surface area contributed by atoms with Crippen LogP contribution < -0.4 is 5.32 Å². The van der Waals surface area contributed by atoms with Gasteiger partial charge in [-0.15, -0.1) is 5.41 Å². The first-order valence-corrected chi connectivity index (χ1v) is 10.5. The SMILES string of the molecule is CC.[CH2-]C(C)C.[CH2-]C1(C([NH-])=O)C(C)(C)CC(C)(C)CNCC(C)(C)C1(C)C.[CH3-].[V+4]. The van der Waals surface area contributed by atoms with Gasteiger partial charge in [-0.1, -0.05) is 88.5 Å². The number of nitrogens with one attached hydrogen (secondary N) is 2. The van der Waals surface area contributed by atoms with Gasteiger partial charge in [-0.3, -0.25) is 0 Å². The molecule has 1 fully saturated rings. The molecule has 0 aliphatic carbocycles. The van der Waals surface area contributed by atoms with Crippen molar-refractivity contribution >= 4 is 5.91 Å². The fraction of sp³-hybridized carbons (Fsp3) is 0.840. The molecule has 1 saturated heterocycles. The van der Waals surface area contributed by atoms with Gasteiger partial charge in [0.05, 0.1) is 0 Å². The second-order valence-corrected chi connectivity index (χ2v) is 11.0. The Bertz CT molecular complexity index is 465. The summed E-state index contributed by atoms with van der Waals surface area (Å²) in [5, 5.41) is 3.58. The zero-order valence-electron chi connectivity index (χ0n) is 22.0. The quantitative estimate of drug-likeness (QED) is 0.425. The Balaban J connectivity index is -0.000000348. The van der Waals surface area contributed by atoms with Crippen LogP contribution in [0.25, 0.3) is 5.73 Å². The first kappa shape index (κ1) is 36.4. The molecule has 173 valence electrons. The van der Waals surface area contributed by atoms with E-state index in [1.54, 1.807) is 0 Å². The maximum Gasteiger partial charge on any atom is 4.00 e. The summed E-state index contributed by atoms with van der Waals surface area (Å²) in [4.78, 5) is 12.4. The topological polar surface area (TPSA) is 52.9 Å². The summed E-state index contributed by atoms with van der Waals surface area (Å²) in [6, 6.07) is 0. The fourth-order valence-electron chi connectivity index (χ4n) is 4.36. The Hall–Kier alpha value is 0.0144. The predicted octanol–water partition coefficient (Wildman–Crippen LogP) is 7.43. The molecule has 2 N–H and O–H groups in total. The minimum absolute atomic E-state index is 0. The van der Waals surface area contributed by atoms with Gasteiger partial charge >= 0.3 is 18.6 Å². The first-order chi connectivity index (χ1) is 11.8. The van der Waals surface area contributed by atoms with Gasteiger partial charge < -0.3 is 37.1 Å². The van der Waals surface area contributed by atoms with E-state index in [2.05, 4.69) is 88.4 Å². The van der Waals surface area contributed by atoms with Crippen molar-refractivity contribution in [3.8, 4) is 0 Å². The Morgan fingerprint density at radius 1 is 0.931 bits per heavy atom. The van der Waals surface area contributed by atoms with Gasteiger partial charge in [0.15, 0.2) is 0 Å². The molecule has 1 aliphatic heterocycles. The van der Waals surface area contributed by atoms with Crippen molar-refractivity contribution in [2.45, 2.75) is 89.5 Å². The van der Waals surface area contributed by atoms with Crippen LogP contribution in [0.15, 0.2) is 0 Å². The number of carbonyl (C=O) groups is 1. The molecule has 4 heteroatoms. The third kappa shape index (κ3) is 8.58. The molecule has 0 saturated carbocycles. The minimum atomic E-state index is -0.938. The first-order valence-electron chi connectivity index (χ1n) is 10.5. The zero-order valence-corrected chi connectivity index (χ0v) is 23.4. The third-order valence-electron chi connectivity index (χ3n) is 6.39. The van der Waals surface area contributed by atoms with Crippen LogP contribution in [0.3, 0.4) is 0 Å². The summed E-state index contributed by atoms with van der Waals surface area (Å²) in [6.07, 6.45) is 0.862. The fourth-order valence-corrected chi connectivity index (χ4v) is 4.36. The van der Waals surface area contributed by atoms with Gasteiger partial charge in [0.25, 0.3) is 0 Å². The van der Waals surface area contributed by atoms with Gasteiger partial charge in [0.1, 0.15) is 0 Å². The summed E-state index contributed by atoms with van der Waals surface area (Å²) in [5.41, 5.74) is 6.26. The Morgan fingerprint density at radius 2 is 1.28 bits per heavy atom. The van der Waals surface area contributed by atoms with E-state index in [4.69, 9.17) is 5.73 Å². The number of carbonyl (C=O) groups excluding carboxylic acids is 1. The molecular formula is C25H52N2OV. The molecule has 1 unspecified atom stereocenters. The molecule has 1 atom stereocenters. The van der Waals surface area contributed by atoms with E-state index in [1.807, 2.05) is 13.8 Å². The Kier molecular flexibility index (Phi) is 16.0. The number of amides is 1. The van der Waals surface area contributed by atoms with E-state index in [1.165, 1.54) is 0 Å². The molecular weight excluding hydrogens is 395 g/mol. The van der Waals surface area contributed by atoms with Crippen LogP contribution in [0.2, 0.25) is 0 Å². The molecule has 29 heavy (non-hydrogen) atoms. The molecule has 0 aromatic heterocycles. The molecule has 1 rings (SSSR count). The molecule has 0 aromatic rings. The van der Waals surface area contributed by atoms with Crippen LogP contribution >= 0.6 is 0 Å². The van der Waals surface area contributed by atoms with Crippen LogP contribution in [0.4, 0.5) is 0 Å². The maximum absolute atomic E-state index is 12.4. The summed E-state index contributed by atoms with van der Waals surface area (Å²) >= 11 is 0. The largest absolute Gasteiger partial charge is 4.00 e. The average molecular weight is 448 g/mol. The summed E-state index contributed by atoms with van der Waals surface area (Å²) < 4.78 is 0. The Morgan fingerprint density at radius 3 is 1.59 bits per heavy atom. The van der Waals surface area contributed by atoms with Gasteiger partial charge in [-0.05, 0) is 22.7 Å². The molecule has 1 heterocycles. The van der Waals surface area contributed by atoms with E-state index < -0.39 is 16.7 Å². The van der Waals surface area contributed by atoms with Crippen molar-refractivity contribution in [3.05, 3.63) is 27.0 Å². The van der Waals surface area contributed by atoms with Gasteiger partial charge in [-0.25, -0.2) is 0 Å². The summed E-state index contributed by atoms with van der Waals surface area (Å²) in [6.45, 7) is 35.1. The van der Waals surface area contributed by atoms with Crippen LogP contribution in [0, 0.1) is 54.3 Å². The maximum atomic E-state index is 12.4. The molecule has 0 aromatic carbocycles. The molecule has 1 radical (unpaired) electrons. The second-order valence-electron chi connectivity index (χ2n) is 11.0. The van der Waals surface area contributed by atoms with Gasteiger partial charge in [-0.2, -0.15) is 5.92 Å². The van der Waals surface area contributed by atoms with Gasteiger partial charge in [0, 0.05) is 19.0 Å². The van der Waals surface area contributed by atoms with E-state index in [-0.39, 0.29) is 42.2 Å². The molecule has 1 aliphatic rings. The van der Waals surface area contributed by atoms with Crippen LogP contribution in [0.5, 0.6) is 0 Å². The van der Waals surface area contributed by atoms with E-state index >= 15 is 0 Å². The number of hydrogen-bond acceptors (Lipinski definition) is 2. The standard InChI is InChI=1S/C18H35N2O.C4H9.C2H6.CH3.V/c1-14(2)10-15(3,4)18(9,13(19)21)17(7,8)16(5,6)12-20-11-14;1-4(2)3;1-2;;/h20H,9-12H2,1-8H3,(H2,19,21);4H,1H2,2-3H3;1-2H3;1H3;/q2*-1;;-1;+4/p-1. The molecule has 1 amide bonds. The second kappa shape index (κ2) is 12.8. The zero-order chi connectivity index (χ0) is 22.5. The molecule has 3 nitrogen and oxygen atoms in total. The minimum Gasteiger partial charge on any atom is -0.670 e. The van der Waals surface area contributed by atoms with Crippen molar-refractivity contribution in [1.29, 1.82) is 0 Å². The van der Waals surface area contributed by atoms with E-state index in [9.17, 15) is 4.79 Å². The number of hydrogen-bond donors (Lipinski definition) is 1. The monoisotopic (exact) mass is 447 g/mol. The molecule has 0 spiro atoms. The molecule has 0 bridgehead atoms. The summed E-state index contributed by atoms with van der Waals surface area (Å²) in [7, 11) is 0. The van der Waals surface area contributed by atoms with E-state index in [0.29, 0.717) is 5.92 Å². The van der Waals surface area contributed by atoms with Crippen LogP contribution in [-0.2, 0) is 23.4 Å². The number of rotatable bonds is 1. The third-order valence-corrected chi connectivity index (χ3v) is 6.39. The van der Waals surface area contributed by atoms with E-state index in [0.717, 1.165) is 19.5 Å². The van der Waals surface area contributed by atoms with Crippen LogP contribution in [-0.4, -0.2) is 19.0 Å². The van der Waals surface area contributed by atoms with Crippen molar-refractivity contribution in [2.24, 2.45) is 33.0 Å². The van der Waals surface area contributed by atoms with Crippen molar-refractivity contribution in [3.63, 3.8) is 0 Å². The Labute approximate surface area is 197 Å². The van der Waals surface area contributed by atoms with Crippen molar-refractivity contribution < 1.29 is 23.4 Å². The summed E-state index contributed by atoms with van der Waals surface area (Å²) in [5.74, 6) is 0.0447. The van der Waals surface area contributed by atoms with Gasteiger partial charge in [0.2, 0.25) is 0 Å².